The van der Waals surface area contributed by atoms with Gasteiger partial charge < -0.3 is 14.6 Å². The molecule has 0 saturated heterocycles. The Morgan fingerprint density at radius 3 is 2.87 bits per heavy atom. The molecule has 0 atom stereocenters. The van der Waals surface area contributed by atoms with Gasteiger partial charge in [0.1, 0.15) is 17.2 Å². The van der Waals surface area contributed by atoms with Gasteiger partial charge in [-0.15, -0.1) is 0 Å². The second kappa shape index (κ2) is 7.87. The third-order valence-corrected chi connectivity index (χ3v) is 5.65. The van der Waals surface area contributed by atoms with Crippen molar-refractivity contribution in [3.8, 4) is 0 Å². The summed E-state index contributed by atoms with van der Waals surface area (Å²) >= 11 is 0. The average molecular weight is 415 g/mol. The lowest BCUT2D eigenvalue weighted by Gasteiger charge is -2.12. The summed E-state index contributed by atoms with van der Waals surface area (Å²) in [5.74, 6) is 0.344. The first-order valence-corrected chi connectivity index (χ1v) is 10.3. The number of anilines is 2. The lowest BCUT2D eigenvalue weighted by atomic mass is 10.1. The van der Waals surface area contributed by atoms with Crippen molar-refractivity contribution in [1.29, 1.82) is 0 Å². The van der Waals surface area contributed by atoms with E-state index in [4.69, 9.17) is 4.74 Å². The Morgan fingerprint density at radius 1 is 1.19 bits per heavy atom. The second-order valence-electron chi connectivity index (χ2n) is 7.80. The Hall–Kier alpha value is -3.67. The lowest BCUT2D eigenvalue weighted by molar-refractivity contribution is 0.0601. The first-order chi connectivity index (χ1) is 15.1. The lowest BCUT2D eigenvalue weighted by Crippen LogP contribution is -2.08. The van der Waals surface area contributed by atoms with Crippen molar-refractivity contribution in [3.63, 3.8) is 0 Å². The van der Waals surface area contributed by atoms with Gasteiger partial charge in [-0.1, -0.05) is 6.08 Å². The quantitative estimate of drug-likeness (QED) is 0.512. The van der Waals surface area contributed by atoms with Crippen LogP contribution in [-0.4, -0.2) is 22.6 Å². The number of esters is 1. The summed E-state index contributed by atoms with van der Waals surface area (Å²) in [5, 5.41) is 4.28. The van der Waals surface area contributed by atoms with E-state index in [-0.39, 0.29) is 5.83 Å². The van der Waals surface area contributed by atoms with Crippen molar-refractivity contribution in [2.75, 3.05) is 12.4 Å². The molecule has 1 saturated carbocycles. The fourth-order valence-electron chi connectivity index (χ4n) is 3.84. The molecule has 2 heterocycles. The van der Waals surface area contributed by atoms with E-state index in [2.05, 4.69) is 10.3 Å². The third kappa shape index (κ3) is 3.89. The number of fused-ring (bicyclic) bond motifs is 1. The van der Waals surface area contributed by atoms with Gasteiger partial charge in [0.05, 0.1) is 12.6 Å². The standard InChI is InChI=1S/C25H22FN3O2/c1-31-25(30)22-14-18(16-5-6-16)15-27-24(22)28-20-8-10-23-17(13-20)11-12-29(23)21-4-2-3-19(26)7-9-21/h3-4,7-16H,2,5-6H2,1H3,(H,27,28). The van der Waals surface area contributed by atoms with Crippen LogP contribution in [0.15, 0.2) is 72.9 Å². The van der Waals surface area contributed by atoms with Crippen LogP contribution in [0.1, 0.15) is 41.1 Å². The molecule has 2 aromatic heterocycles. The maximum absolute atomic E-state index is 13.5. The molecule has 0 unspecified atom stereocenters. The summed E-state index contributed by atoms with van der Waals surface area (Å²) in [5.41, 5.74) is 4.26. The number of methoxy groups -OCH3 is 1. The summed E-state index contributed by atoms with van der Waals surface area (Å²) in [6, 6.07) is 9.83. The number of hydrogen-bond donors (Lipinski definition) is 1. The maximum atomic E-state index is 13.5. The van der Waals surface area contributed by atoms with Crippen LogP contribution >= 0.6 is 0 Å². The first-order valence-electron chi connectivity index (χ1n) is 10.3. The highest BCUT2D eigenvalue weighted by atomic mass is 19.1. The molecule has 0 spiro atoms. The predicted molar refractivity (Wildman–Crippen MR) is 120 cm³/mol. The van der Waals surface area contributed by atoms with Gasteiger partial charge in [-0.05, 0) is 79.3 Å². The molecule has 5 nitrogen and oxygen atoms in total. The minimum atomic E-state index is -0.405. The zero-order chi connectivity index (χ0) is 21.4. The van der Waals surface area contributed by atoms with Crippen LogP contribution < -0.4 is 5.32 Å². The number of carbonyl (C=O) groups excluding carboxylic acids is 1. The Kier molecular flexibility index (Phi) is 4.90. The van der Waals surface area contributed by atoms with Gasteiger partial charge in [0.25, 0.3) is 0 Å². The topological polar surface area (TPSA) is 56.1 Å². The molecule has 0 amide bonds. The van der Waals surface area contributed by atoms with E-state index < -0.39 is 5.97 Å². The van der Waals surface area contributed by atoms with E-state index in [0.717, 1.165) is 40.7 Å². The summed E-state index contributed by atoms with van der Waals surface area (Å²) in [7, 11) is 1.38. The van der Waals surface area contributed by atoms with Crippen LogP contribution in [-0.2, 0) is 4.74 Å². The number of nitrogens with zero attached hydrogens (tertiary/aromatic N) is 2. The van der Waals surface area contributed by atoms with Gasteiger partial charge in [0.15, 0.2) is 0 Å². The summed E-state index contributed by atoms with van der Waals surface area (Å²) in [4.78, 5) is 16.8. The van der Waals surface area contributed by atoms with Gasteiger partial charge in [0.2, 0.25) is 0 Å². The number of hydrogen-bond acceptors (Lipinski definition) is 4. The van der Waals surface area contributed by atoms with Gasteiger partial charge in [0, 0.05) is 29.2 Å². The van der Waals surface area contributed by atoms with Crippen LogP contribution in [0.2, 0.25) is 0 Å². The number of nitrogens with one attached hydrogen (secondary N) is 1. The Bertz CT molecular complexity index is 1270. The average Bonchev–Trinajstić information content (AvgIpc) is 3.58. The van der Waals surface area contributed by atoms with Crippen molar-refractivity contribution >= 4 is 34.1 Å². The van der Waals surface area contributed by atoms with Gasteiger partial charge in [-0.3, -0.25) is 0 Å². The minimum absolute atomic E-state index is 0.226. The van der Waals surface area contributed by atoms with Gasteiger partial charge >= 0.3 is 5.97 Å². The molecule has 0 radical (unpaired) electrons. The van der Waals surface area contributed by atoms with Crippen molar-refractivity contribution in [3.05, 3.63) is 84.0 Å². The molecule has 6 heteroatoms. The highest BCUT2D eigenvalue weighted by Crippen LogP contribution is 2.40. The monoisotopic (exact) mass is 415 g/mol. The molecule has 31 heavy (non-hydrogen) atoms. The van der Waals surface area contributed by atoms with E-state index in [0.29, 0.717) is 23.7 Å². The van der Waals surface area contributed by atoms with Crippen molar-refractivity contribution < 1.29 is 13.9 Å². The van der Waals surface area contributed by atoms with Crippen LogP contribution in [0.25, 0.3) is 16.6 Å². The molecular formula is C25H22FN3O2. The maximum Gasteiger partial charge on any atom is 0.341 e. The third-order valence-electron chi connectivity index (χ3n) is 5.65. The number of rotatable bonds is 5. The highest BCUT2D eigenvalue weighted by molar-refractivity contribution is 5.96. The number of pyridine rings is 1. The van der Waals surface area contributed by atoms with E-state index >= 15 is 0 Å². The smallest absolute Gasteiger partial charge is 0.341 e. The first kappa shape index (κ1) is 19.3. The Labute approximate surface area is 179 Å². The van der Waals surface area contributed by atoms with Gasteiger partial charge in [-0.2, -0.15) is 0 Å². The molecular weight excluding hydrogens is 393 g/mol. The molecule has 0 bridgehead atoms. The number of halogens is 1. The minimum Gasteiger partial charge on any atom is -0.465 e. The molecule has 1 fully saturated rings. The van der Waals surface area contributed by atoms with Crippen LogP contribution in [0, 0.1) is 0 Å². The zero-order valence-corrected chi connectivity index (χ0v) is 17.1. The largest absolute Gasteiger partial charge is 0.465 e. The SMILES string of the molecule is COC(=O)c1cc(C2CC2)cnc1Nc1ccc2c(ccn2C2=CCC=C(F)C=C2)c1. The van der Waals surface area contributed by atoms with Crippen LogP contribution in [0.5, 0.6) is 0 Å². The molecule has 5 rings (SSSR count). The number of carbonyl (C=O) groups is 1. The molecule has 3 aromatic rings. The van der Waals surface area contributed by atoms with Gasteiger partial charge in [-0.25, -0.2) is 14.2 Å². The van der Waals surface area contributed by atoms with E-state index in [1.54, 1.807) is 12.2 Å². The zero-order valence-electron chi connectivity index (χ0n) is 17.1. The van der Waals surface area contributed by atoms with E-state index in [1.807, 2.05) is 53.4 Å². The molecule has 1 N–H and O–H groups in total. The molecule has 1 aromatic carbocycles. The Balaban J connectivity index is 1.45. The van der Waals surface area contributed by atoms with Crippen LogP contribution in [0.4, 0.5) is 15.9 Å². The van der Waals surface area contributed by atoms with E-state index in [1.165, 1.54) is 13.2 Å². The summed E-state index contributed by atoms with van der Waals surface area (Å²) in [6.45, 7) is 0. The number of allylic oxidation sites excluding steroid dienone is 6. The molecule has 0 aliphatic heterocycles. The second-order valence-corrected chi connectivity index (χ2v) is 7.80. The normalized spacial score (nSPS) is 15.9. The highest BCUT2D eigenvalue weighted by Gasteiger charge is 2.26. The fourth-order valence-corrected chi connectivity index (χ4v) is 3.84. The van der Waals surface area contributed by atoms with Crippen molar-refractivity contribution in [1.82, 2.24) is 9.55 Å². The number of ether oxygens (including phenoxy) is 1. The summed E-state index contributed by atoms with van der Waals surface area (Å²) in [6.07, 6.45) is 13.4. The Morgan fingerprint density at radius 2 is 2.06 bits per heavy atom. The number of aromatic nitrogens is 2. The van der Waals surface area contributed by atoms with Crippen molar-refractivity contribution in [2.24, 2.45) is 0 Å². The molecule has 2 aliphatic carbocycles. The number of benzene rings is 1. The van der Waals surface area contributed by atoms with Crippen molar-refractivity contribution in [2.45, 2.75) is 25.2 Å². The molecule has 2 aliphatic rings. The summed E-state index contributed by atoms with van der Waals surface area (Å²) < 4.78 is 20.5. The van der Waals surface area contributed by atoms with Crippen LogP contribution in [0.3, 0.4) is 0 Å². The van der Waals surface area contributed by atoms with E-state index in [9.17, 15) is 9.18 Å². The molecule has 156 valence electrons. The fraction of sp³-hybridized carbons (Fsp3) is 0.200. The predicted octanol–water partition coefficient (Wildman–Crippen LogP) is 6.10.